The zero-order chi connectivity index (χ0) is 14.6. The molecule has 1 amide bonds. The molecule has 1 aliphatic rings. The predicted molar refractivity (Wildman–Crippen MR) is 80.0 cm³/mol. The van der Waals surface area contributed by atoms with Gasteiger partial charge in [-0.05, 0) is 43.0 Å². The lowest BCUT2D eigenvalue weighted by molar-refractivity contribution is -0.116. The van der Waals surface area contributed by atoms with Gasteiger partial charge in [-0.2, -0.15) is 0 Å². The lowest BCUT2D eigenvalue weighted by Gasteiger charge is -2.09. The van der Waals surface area contributed by atoms with Crippen LogP contribution in [-0.2, 0) is 14.8 Å². The van der Waals surface area contributed by atoms with Gasteiger partial charge in [0.15, 0.2) is 0 Å². The van der Waals surface area contributed by atoms with Crippen molar-refractivity contribution in [2.45, 2.75) is 19.3 Å². The lowest BCUT2D eigenvalue weighted by Crippen LogP contribution is -2.15. The summed E-state index contributed by atoms with van der Waals surface area (Å²) in [4.78, 5) is 11.8. The monoisotopic (exact) mass is 294 g/mol. The molecule has 0 saturated carbocycles. The highest BCUT2D eigenvalue weighted by Gasteiger charge is 2.14. The maximum absolute atomic E-state index is 11.8. The largest absolute Gasteiger partial charge is 0.326 e. The fraction of sp³-hybridized carbons (Fsp3) is 0.357. The van der Waals surface area contributed by atoms with Crippen LogP contribution in [0.5, 0.6) is 0 Å². The Labute approximate surface area is 119 Å². The Hall–Kier alpha value is -1.82. The summed E-state index contributed by atoms with van der Waals surface area (Å²) in [6, 6.07) is 6.59. The van der Waals surface area contributed by atoms with E-state index in [1.807, 2.05) is 0 Å². The number of carbonyl (C=O) groups is 1. The SMILES string of the molecule is CS(=O)(=O)Nc1ccc(NC(=O)C[C@H]2C=CCC2)cc1. The van der Waals surface area contributed by atoms with Crippen molar-refractivity contribution in [2.75, 3.05) is 16.3 Å². The summed E-state index contributed by atoms with van der Waals surface area (Å²) in [6.07, 6.45) is 7.84. The van der Waals surface area contributed by atoms with E-state index in [1.54, 1.807) is 24.3 Å². The van der Waals surface area contributed by atoms with Crippen LogP contribution in [-0.4, -0.2) is 20.6 Å². The molecular formula is C14H18N2O3S. The van der Waals surface area contributed by atoms with Crippen LogP contribution in [0.4, 0.5) is 11.4 Å². The lowest BCUT2D eigenvalue weighted by atomic mass is 10.1. The second kappa shape index (κ2) is 6.09. The maximum atomic E-state index is 11.8. The van der Waals surface area contributed by atoms with E-state index >= 15 is 0 Å². The molecule has 0 bridgehead atoms. The van der Waals surface area contributed by atoms with Crippen molar-refractivity contribution in [2.24, 2.45) is 5.92 Å². The molecule has 20 heavy (non-hydrogen) atoms. The minimum Gasteiger partial charge on any atom is -0.326 e. The number of rotatable bonds is 5. The Balaban J connectivity index is 1.89. The molecule has 108 valence electrons. The first-order valence-electron chi connectivity index (χ1n) is 6.47. The van der Waals surface area contributed by atoms with Gasteiger partial charge in [-0.25, -0.2) is 8.42 Å². The molecule has 2 N–H and O–H groups in total. The highest BCUT2D eigenvalue weighted by molar-refractivity contribution is 7.92. The number of sulfonamides is 1. The number of nitrogens with one attached hydrogen (secondary N) is 2. The third-order valence-corrected chi connectivity index (χ3v) is 3.64. The van der Waals surface area contributed by atoms with Crippen molar-refractivity contribution in [3.05, 3.63) is 36.4 Å². The van der Waals surface area contributed by atoms with Crippen molar-refractivity contribution in [1.82, 2.24) is 0 Å². The first-order chi connectivity index (χ1) is 9.42. The van der Waals surface area contributed by atoms with Crippen LogP contribution in [0.3, 0.4) is 0 Å². The van der Waals surface area contributed by atoms with Crippen LogP contribution in [0.15, 0.2) is 36.4 Å². The number of hydrogen-bond donors (Lipinski definition) is 2. The van der Waals surface area contributed by atoms with Gasteiger partial charge in [-0.15, -0.1) is 0 Å². The second-order valence-electron chi connectivity index (χ2n) is 4.97. The van der Waals surface area contributed by atoms with Crippen molar-refractivity contribution < 1.29 is 13.2 Å². The fourth-order valence-corrected chi connectivity index (χ4v) is 2.72. The summed E-state index contributed by atoms with van der Waals surface area (Å²) in [5.74, 6) is 0.312. The summed E-state index contributed by atoms with van der Waals surface area (Å²) in [5.41, 5.74) is 1.14. The maximum Gasteiger partial charge on any atom is 0.229 e. The van der Waals surface area contributed by atoms with E-state index in [2.05, 4.69) is 22.2 Å². The van der Waals surface area contributed by atoms with E-state index in [0.29, 0.717) is 23.7 Å². The third kappa shape index (κ3) is 4.70. The second-order valence-corrected chi connectivity index (χ2v) is 6.72. The van der Waals surface area contributed by atoms with Crippen LogP contribution in [0, 0.1) is 5.92 Å². The topological polar surface area (TPSA) is 75.3 Å². The molecule has 0 spiro atoms. The Kier molecular flexibility index (Phi) is 4.44. The summed E-state index contributed by atoms with van der Waals surface area (Å²) in [7, 11) is -3.27. The molecule has 0 radical (unpaired) electrons. The van der Waals surface area contributed by atoms with E-state index in [9.17, 15) is 13.2 Å². The molecule has 0 fully saturated rings. The van der Waals surface area contributed by atoms with Gasteiger partial charge in [-0.3, -0.25) is 9.52 Å². The van der Waals surface area contributed by atoms with E-state index in [-0.39, 0.29) is 5.91 Å². The number of carbonyl (C=O) groups excluding carboxylic acids is 1. The van der Waals surface area contributed by atoms with Crippen LogP contribution >= 0.6 is 0 Å². The van der Waals surface area contributed by atoms with E-state index in [4.69, 9.17) is 0 Å². The molecule has 6 heteroatoms. The van der Waals surface area contributed by atoms with Gasteiger partial charge in [-0.1, -0.05) is 12.2 Å². The van der Waals surface area contributed by atoms with Gasteiger partial charge in [0.25, 0.3) is 0 Å². The fourth-order valence-electron chi connectivity index (χ4n) is 2.15. The van der Waals surface area contributed by atoms with E-state index in [1.165, 1.54) is 0 Å². The summed E-state index contributed by atoms with van der Waals surface area (Å²) in [5, 5.41) is 2.81. The molecular weight excluding hydrogens is 276 g/mol. The first kappa shape index (κ1) is 14.6. The van der Waals surface area contributed by atoms with Gasteiger partial charge >= 0.3 is 0 Å². The van der Waals surface area contributed by atoms with Crippen LogP contribution in [0.2, 0.25) is 0 Å². The summed E-state index contributed by atoms with van der Waals surface area (Å²) >= 11 is 0. The quantitative estimate of drug-likeness (QED) is 0.819. The standard InChI is InChI=1S/C14H18N2O3S/c1-20(18,19)16-13-8-6-12(7-9-13)15-14(17)10-11-4-2-3-5-11/h2,4,6-9,11,16H,3,5,10H2,1H3,(H,15,17)/t11-/m0/s1. The smallest absolute Gasteiger partial charge is 0.229 e. The molecule has 1 aromatic carbocycles. The predicted octanol–water partition coefficient (Wildman–Crippen LogP) is 2.35. The molecule has 1 aromatic rings. The van der Waals surface area contributed by atoms with Crippen molar-refractivity contribution >= 4 is 27.3 Å². The van der Waals surface area contributed by atoms with E-state index in [0.717, 1.165) is 19.1 Å². The van der Waals surface area contributed by atoms with Crippen LogP contribution in [0.25, 0.3) is 0 Å². The molecule has 0 heterocycles. The molecule has 5 nitrogen and oxygen atoms in total. The Morgan fingerprint density at radius 1 is 1.25 bits per heavy atom. The van der Waals surface area contributed by atoms with Crippen molar-refractivity contribution in [1.29, 1.82) is 0 Å². The average Bonchev–Trinajstić information content (AvgIpc) is 2.82. The van der Waals surface area contributed by atoms with Gasteiger partial charge in [0.2, 0.25) is 15.9 Å². The molecule has 1 aliphatic carbocycles. The number of allylic oxidation sites excluding steroid dienone is 2. The van der Waals surface area contributed by atoms with Crippen molar-refractivity contribution in [3.8, 4) is 0 Å². The molecule has 0 saturated heterocycles. The van der Waals surface area contributed by atoms with Crippen LogP contribution in [0.1, 0.15) is 19.3 Å². The molecule has 0 aromatic heterocycles. The molecule has 2 rings (SSSR count). The Morgan fingerprint density at radius 2 is 1.90 bits per heavy atom. The normalized spacial score (nSPS) is 17.9. The Bertz CT molecular complexity index is 606. The number of amides is 1. The number of anilines is 2. The highest BCUT2D eigenvalue weighted by Crippen LogP contribution is 2.21. The number of benzene rings is 1. The molecule has 1 atom stereocenters. The van der Waals surface area contributed by atoms with Gasteiger partial charge in [0, 0.05) is 17.8 Å². The summed E-state index contributed by atoms with van der Waals surface area (Å²) in [6.45, 7) is 0. The summed E-state index contributed by atoms with van der Waals surface area (Å²) < 4.78 is 24.5. The minimum absolute atomic E-state index is 0.0228. The van der Waals surface area contributed by atoms with Gasteiger partial charge in [0.1, 0.15) is 0 Å². The number of hydrogen-bond acceptors (Lipinski definition) is 3. The van der Waals surface area contributed by atoms with Crippen LogP contribution < -0.4 is 10.0 Å². The van der Waals surface area contributed by atoms with Crippen molar-refractivity contribution in [3.63, 3.8) is 0 Å². The minimum atomic E-state index is -3.27. The molecule has 0 unspecified atom stereocenters. The van der Waals surface area contributed by atoms with Gasteiger partial charge < -0.3 is 5.32 Å². The zero-order valence-electron chi connectivity index (χ0n) is 11.3. The Morgan fingerprint density at radius 3 is 2.45 bits per heavy atom. The van der Waals surface area contributed by atoms with Gasteiger partial charge in [0.05, 0.1) is 6.26 Å². The highest BCUT2D eigenvalue weighted by atomic mass is 32.2. The first-order valence-corrected chi connectivity index (χ1v) is 8.36. The zero-order valence-corrected chi connectivity index (χ0v) is 12.1. The van der Waals surface area contributed by atoms with E-state index < -0.39 is 10.0 Å². The average molecular weight is 294 g/mol. The third-order valence-electron chi connectivity index (χ3n) is 3.03. The molecule has 0 aliphatic heterocycles.